The molecule has 0 radical (unpaired) electrons. The van der Waals surface area contributed by atoms with Crippen molar-refractivity contribution < 1.29 is 23.4 Å². The van der Waals surface area contributed by atoms with Gasteiger partial charge in [-0.15, -0.1) is 0 Å². The second-order valence-electron chi connectivity index (χ2n) is 5.88. The Bertz CT molecular complexity index is 687. The molecule has 0 bridgehead atoms. The number of hydrogen-bond acceptors (Lipinski definition) is 7. The molecule has 0 saturated carbocycles. The Morgan fingerprint density at radius 3 is 2.83 bits per heavy atom. The molecule has 24 heavy (non-hydrogen) atoms. The normalized spacial score (nSPS) is 19.0. The van der Waals surface area contributed by atoms with Gasteiger partial charge in [0.2, 0.25) is 0 Å². The summed E-state index contributed by atoms with van der Waals surface area (Å²) >= 11 is 0. The molecule has 0 amide bonds. The van der Waals surface area contributed by atoms with Gasteiger partial charge >= 0.3 is 5.97 Å². The second-order valence-corrected chi connectivity index (χ2v) is 5.88. The Kier molecular flexibility index (Phi) is 4.77. The van der Waals surface area contributed by atoms with Crippen LogP contribution in [0.15, 0.2) is 35.5 Å². The maximum atomic E-state index is 11.7. The summed E-state index contributed by atoms with van der Waals surface area (Å²) in [5.74, 6) is 0.205. The van der Waals surface area contributed by atoms with Gasteiger partial charge in [0.1, 0.15) is 25.2 Å². The summed E-state index contributed by atoms with van der Waals surface area (Å²) in [7, 11) is 0. The van der Waals surface area contributed by atoms with Gasteiger partial charge in [-0.2, -0.15) is 5.10 Å². The van der Waals surface area contributed by atoms with Crippen LogP contribution in [0.4, 0.5) is 0 Å². The Morgan fingerprint density at radius 1 is 1.46 bits per heavy atom. The van der Waals surface area contributed by atoms with Crippen LogP contribution in [-0.4, -0.2) is 46.8 Å². The number of rotatable bonds is 5. The van der Waals surface area contributed by atoms with Crippen molar-refractivity contribution in [3.63, 3.8) is 0 Å². The van der Waals surface area contributed by atoms with Crippen LogP contribution in [0.5, 0.6) is 0 Å². The first-order valence-electron chi connectivity index (χ1n) is 7.51. The molecular weight excluding hydrogens is 314 g/mol. The van der Waals surface area contributed by atoms with Crippen molar-refractivity contribution in [1.29, 1.82) is 0 Å². The van der Waals surface area contributed by atoms with Crippen LogP contribution < -0.4 is 0 Å². The van der Waals surface area contributed by atoms with E-state index in [1.165, 1.54) is 13.3 Å². The molecule has 0 spiro atoms. The highest BCUT2D eigenvalue weighted by molar-refractivity contribution is 5.74. The minimum atomic E-state index is -0.651. The fraction of sp³-hybridized carbons (Fsp3) is 0.438. The molecule has 1 unspecified atom stereocenters. The monoisotopic (exact) mass is 333 g/mol. The quantitative estimate of drug-likeness (QED) is 0.771. The number of carbonyl (C=O) groups excluding carboxylic acids is 1. The van der Waals surface area contributed by atoms with Crippen LogP contribution >= 0.6 is 0 Å². The van der Waals surface area contributed by atoms with Gasteiger partial charge < -0.3 is 18.6 Å². The molecular formula is C16H19N3O5. The Hall–Kier alpha value is -2.45. The van der Waals surface area contributed by atoms with E-state index in [0.29, 0.717) is 24.7 Å². The van der Waals surface area contributed by atoms with Gasteiger partial charge in [-0.05, 0) is 12.1 Å². The van der Waals surface area contributed by atoms with Gasteiger partial charge in [-0.3, -0.25) is 4.79 Å². The van der Waals surface area contributed by atoms with Gasteiger partial charge in [0, 0.05) is 13.0 Å². The van der Waals surface area contributed by atoms with Crippen LogP contribution in [0, 0.1) is 5.41 Å². The summed E-state index contributed by atoms with van der Waals surface area (Å²) in [6.07, 6.45) is 5.64. The summed E-state index contributed by atoms with van der Waals surface area (Å²) in [6.45, 7) is 4.30. The van der Waals surface area contributed by atoms with Crippen LogP contribution in [0.2, 0.25) is 0 Å². The summed E-state index contributed by atoms with van der Waals surface area (Å²) in [5.41, 5.74) is 0.0307. The number of aromatic nitrogens is 3. The van der Waals surface area contributed by atoms with Crippen molar-refractivity contribution in [3.05, 3.63) is 36.8 Å². The molecule has 1 fully saturated rings. The molecule has 0 N–H and O–H groups in total. The zero-order valence-electron chi connectivity index (χ0n) is 13.5. The molecule has 8 nitrogen and oxygen atoms in total. The van der Waals surface area contributed by atoms with Gasteiger partial charge in [-0.25, -0.2) is 9.67 Å². The van der Waals surface area contributed by atoms with Crippen LogP contribution in [0.1, 0.15) is 19.6 Å². The molecule has 3 heterocycles. The second kappa shape index (κ2) is 6.98. The minimum Gasteiger partial charge on any atom is -0.465 e. The van der Waals surface area contributed by atoms with E-state index in [4.69, 9.17) is 18.6 Å². The SMILES string of the molecule is CC(=O)OC(/C(=C/c1ccco1)n1cncn1)C1(C)COCOC1. The van der Waals surface area contributed by atoms with E-state index < -0.39 is 17.5 Å². The molecule has 2 aromatic rings. The standard InChI is InChI=1S/C16H19N3O5/c1-12(20)24-15(16(2)7-21-11-22-8-16)14(19-10-17-9-18-19)6-13-4-3-5-23-13/h3-6,9-10,15H,7-8,11H2,1-2H3/b14-6-. The minimum absolute atomic E-state index is 0.225. The third-order valence-electron chi connectivity index (χ3n) is 3.73. The zero-order chi connectivity index (χ0) is 17.0. The van der Waals surface area contributed by atoms with Crippen LogP contribution in [0.3, 0.4) is 0 Å². The third kappa shape index (κ3) is 3.55. The summed E-state index contributed by atoms with van der Waals surface area (Å²) < 4.78 is 23.5. The molecule has 1 aliphatic heterocycles. The summed E-state index contributed by atoms with van der Waals surface area (Å²) in [5, 5.41) is 4.17. The summed E-state index contributed by atoms with van der Waals surface area (Å²) in [6, 6.07) is 3.58. The first kappa shape index (κ1) is 16.4. The van der Waals surface area contributed by atoms with E-state index in [-0.39, 0.29) is 6.79 Å². The summed E-state index contributed by atoms with van der Waals surface area (Å²) in [4.78, 5) is 15.7. The topological polar surface area (TPSA) is 88.6 Å². The number of furan rings is 1. The lowest BCUT2D eigenvalue weighted by Crippen LogP contribution is -2.47. The predicted molar refractivity (Wildman–Crippen MR) is 83.3 cm³/mol. The average molecular weight is 333 g/mol. The average Bonchev–Trinajstić information content (AvgIpc) is 3.24. The third-order valence-corrected chi connectivity index (χ3v) is 3.73. The van der Waals surface area contributed by atoms with Crippen LogP contribution in [0.25, 0.3) is 11.8 Å². The van der Waals surface area contributed by atoms with Crippen molar-refractivity contribution in [2.45, 2.75) is 20.0 Å². The number of esters is 1. The van der Waals surface area contributed by atoms with Gasteiger partial charge in [0.15, 0.2) is 6.10 Å². The lowest BCUT2D eigenvalue weighted by atomic mass is 9.83. The maximum Gasteiger partial charge on any atom is 0.303 e. The fourth-order valence-electron chi connectivity index (χ4n) is 2.65. The van der Waals surface area contributed by atoms with E-state index in [2.05, 4.69) is 10.1 Å². The largest absolute Gasteiger partial charge is 0.465 e. The number of carbonyl (C=O) groups is 1. The molecule has 3 rings (SSSR count). The van der Waals surface area contributed by atoms with Crippen molar-refractivity contribution in [2.75, 3.05) is 20.0 Å². The van der Waals surface area contributed by atoms with E-state index >= 15 is 0 Å². The smallest absolute Gasteiger partial charge is 0.303 e. The Morgan fingerprint density at radius 2 is 2.25 bits per heavy atom. The van der Waals surface area contributed by atoms with Gasteiger partial charge in [0.05, 0.1) is 30.6 Å². The van der Waals surface area contributed by atoms with Crippen molar-refractivity contribution in [3.8, 4) is 0 Å². The van der Waals surface area contributed by atoms with Gasteiger partial charge in [-0.1, -0.05) is 6.92 Å². The lowest BCUT2D eigenvalue weighted by Gasteiger charge is -2.39. The first-order chi connectivity index (χ1) is 11.6. The first-order valence-corrected chi connectivity index (χ1v) is 7.51. The molecule has 1 aliphatic rings. The molecule has 8 heteroatoms. The number of nitrogens with zero attached hydrogens (tertiary/aromatic N) is 3. The fourth-order valence-corrected chi connectivity index (χ4v) is 2.65. The molecule has 1 atom stereocenters. The number of hydrogen-bond donors (Lipinski definition) is 0. The van der Waals surface area contributed by atoms with Crippen molar-refractivity contribution in [1.82, 2.24) is 14.8 Å². The zero-order valence-corrected chi connectivity index (χ0v) is 13.5. The van der Waals surface area contributed by atoms with E-state index in [0.717, 1.165) is 0 Å². The molecule has 0 aromatic carbocycles. The Labute approximate surface area is 139 Å². The molecule has 0 aliphatic carbocycles. The highest BCUT2D eigenvalue weighted by Crippen LogP contribution is 2.35. The number of ether oxygens (including phenoxy) is 3. The van der Waals surface area contributed by atoms with E-state index in [1.54, 1.807) is 35.5 Å². The lowest BCUT2D eigenvalue weighted by molar-refractivity contribution is -0.191. The maximum absolute atomic E-state index is 11.7. The van der Waals surface area contributed by atoms with E-state index in [1.807, 2.05) is 6.92 Å². The highest BCUT2D eigenvalue weighted by atomic mass is 16.7. The Balaban J connectivity index is 2.04. The van der Waals surface area contributed by atoms with Gasteiger partial charge in [0.25, 0.3) is 0 Å². The van der Waals surface area contributed by atoms with Crippen molar-refractivity contribution in [2.24, 2.45) is 5.41 Å². The molecule has 1 saturated heterocycles. The molecule has 2 aromatic heterocycles. The molecule has 128 valence electrons. The van der Waals surface area contributed by atoms with E-state index in [9.17, 15) is 4.79 Å². The van der Waals surface area contributed by atoms with Crippen molar-refractivity contribution >= 4 is 17.7 Å². The predicted octanol–water partition coefficient (Wildman–Crippen LogP) is 1.81. The van der Waals surface area contributed by atoms with Crippen LogP contribution in [-0.2, 0) is 19.0 Å². The highest BCUT2D eigenvalue weighted by Gasteiger charge is 2.43.